The van der Waals surface area contributed by atoms with E-state index >= 15 is 0 Å². The van der Waals surface area contributed by atoms with Crippen molar-refractivity contribution in [2.75, 3.05) is 31.3 Å². The van der Waals surface area contributed by atoms with E-state index in [1.807, 2.05) is 25.1 Å². The molecule has 0 aliphatic rings. The summed E-state index contributed by atoms with van der Waals surface area (Å²) in [4.78, 5) is 0. The van der Waals surface area contributed by atoms with Crippen LogP contribution in [0.2, 0.25) is 0 Å². The summed E-state index contributed by atoms with van der Waals surface area (Å²) in [5.41, 5.74) is 8.65. The molecule has 0 aliphatic heterocycles. The summed E-state index contributed by atoms with van der Waals surface area (Å²) in [6.07, 6.45) is 0.212. The third kappa shape index (κ3) is 3.72. The Morgan fingerprint density at radius 2 is 2.25 bits per heavy atom. The van der Waals surface area contributed by atoms with Crippen LogP contribution in [0.5, 0.6) is 0 Å². The normalized spacial score (nSPS) is 12.4. The molecule has 0 saturated heterocycles. The summed E-state index contributed by atoms with van der Waals surface area (Å²) in [5.74, 6) is 0. The predicted octanol–water partition coefficient (Wildman–Crippen LogP) is 1.39. The van der Waals surface area contributed by atoms with E-state index in [1.54, 1.807) is 7.11 Å². The van der Waals surface area contributed by atoms with Gasteiger partial charge in [0.1, 0.15) is 0 Å². The number of methoxy groups -OCH3 is 1. The highest BCUT2D eigenvalue weighted by molar-refractivity contribution is 5.69. The van der Waals surface area contributed by atoms with Gasteiger partial charge in [-0.2, -0.15) is 0 Å². The third-order valence-corrected chi connectivity index (χ3v) is 2.44. The van der Waals surface area contributed by atoms with Crippen molar-refractivity contribution in [2.45, 2.75) is 19.4 Å². The number of ether oxygens (including phenoxy) is 1. The number of nitrogens with one attached hydrogen (secondary N) is 1. The molecular weight excluding hydrogens is 204 g/mol. The van der Waals surface area contributed by atoms with Crippen molar-refractivity contribution in [1.82, 2.24) is 0 Å². The van der Waals surface area contributed by atoms with E-state index in [9.17, 15) is 5.11 Å². The van der Waals surface area contributed by atoms with Gasteiger partial charge < -0.3 is 20.9 Å². The van der Waals surface area contributed by atoms with Crippen LogP contribution in [0.1, 0.15) is 12.0 Å². The minimum absolute atomic E-state index is 0.366. The molecule has 0 spiro atoms. The molecule has 0 heterocycles. The maximum absolute atomic E-state index is 9.47. The van der Waals surface area contributed by atoms with Gasteiger partial charge in [0.25, 0.3) is 0 Å². The lowest BCUT2D eigenvalue weighted by molar-refractivity contribution is 0.0615. The molecule has 4 heteroatoms. The van der Waals surface area contributed by atoms with Gasteiger partial charge in [0, 0.05) is 13.7 Å². The van der Waals surface area contributed by atoms with Crippen LogP contribution in [0.15, 0.2) is 18.2 Å². The van der Waals surface area contributed by atoms with Crippen LogP contribution >= 0.6 is 0 Å². The third-order valence-electron chi connectivity index (χ3n) is 2.44. The highest BCUT2D eigenvalue weighted by Crippen LogP contribution is 2.22. The molecule has 0 aliphatic carbocycles. The highest BCUT2D eigenvalue weighted by Gasteiger charge is 2.05. The SMILES string of the molecule is COCC(O)CCNc1c(C)cccc1N. The number of hydrogen-bond acceptors (Lipinski definition) is 4. The summed E-state index contributed by atoms with van der Waals surface area (Å²) < 4.78 is 4.85. The average Bonchev–Trinajstić information content (AvgIpc) is 2.23. The van der Waals surface area contributed by atoms with Crippen molar-refractivity contribution in [1.29, 1.82) is 0 Å². The van der Waals surface area contributed by atoms with Gasteiger partial charge >= 0.3 is 0 Å². The maximum Gasteiger partial charge on any atom is 0.0790 e. The van der Waals surface area contributed by atoms with Crippen molar-refractivity contribution in [2.24, 2.45) is 0 Å². The van der Waals surface area contributed by atoms with Crippen LogP contribution in [0, 0.1) is 6.92 Å². The van der Waals surface area contributed by atoms with Crippen molar-refractivity contribution in [3.05, 3.63) is 23.8 Å². The smallest absolute Gasteiger partial charge is 0.0790 e. The topological polar surface area (TPSA) is 67.5 Å². The van der Waals surface area contributed by atoms with Gasteiger partial charge in [0.15, 0.2) is 0 Å². The maximum atomic E-state index is 9.47. The first-order chi connectivity index (χ1) is 7.65. The molecule has 90 valence electrons. The molecule has 16 heavy (non-hydrogen) atoms. The quantitative estimate of drug-likeness (QED) is 0.639. The lowest BCUT2D eigenvalue weighted by Crippen LogP contribution is -2.18. The second-order valence-corrected chi connectivity index (χ2v) is 3.86. The molecule has 0 fully saturated rings. The second-order valence-electron chi connectivity index (χ2n) is 3.86. The van der Waals surface area contributed by atoms with Crippen molar-refractivity contribution in [3.63, 3.8) is 0 Å². The van der Waals surface area contributed by atoms with Gasteiger partial charge in [0.2, 0.25) is 0 Å². The molecule has 0 amide bonds. The minimum Gasteiger partial charge on any atom is -0.397 e. The van der Waals surface area contributed by atoms with Gasteiger partial charge in [0.05, 0.1) is 24.1 Å². The molecule has 1 atom stereocenters. The van der Waals surface area contributed by atoms with Crippen LogP contribution in [-0.2, 0) is 4.74 Å². The number of anilines is 2. The van der Waals surface area contributed by atoms with E-state index in [1.165, 1.54) is 0 Å². The minimum atomic E-state index is -0.428. The zero-order chi connectivity index (χ0) is 12.0. The largest absolute Gasteiger partial charge is 0.397 e. The fraction of sp³-hybridized carbons (Fsp3) is 0.500. The van der Waals surface area contributed by atoms with Gasteiger partial charge in [-0.15, -0.1) is 0 Å². The standard InChI is InChI=1S/C12H20N2O2/c1-9-4-3-5-11(13)12(9)14-7-6-10(15)8-16-2/h3-5,10,14-15H,6-8,13H2,1-2H3. The summed E-state index contributed by atoms with van der Waals surface area (Å²) in [5, 5.41) is 12.7. The number of nitrogens with two attached hydrogens (primary N) is 1. The molecule has 0 saturated carbocycles. The summed E-state index contributed by atoms with van der Waals surface area (Å²) >= 11 is 0. The fourth-order valence-electron chi connectivity index (χ4n) is 1.57. The van der Waals surface area contributed by atoms with Gasteiger partial charge in [-0.05, 0) is 25.0 Å². The van der Waals surface area contributed by atoms with E-state index in [0.717, 1.165) is 16.9 Å². The highest BCUT2D eigenvalue weighted by atomic mass is 16.5. The Bertz CT molecular complexity index is 309. The lowest BCUT2D eigenvalue weighted by Gasteiger charge is -2.14. The average molecular weight is 224 g/mol. The number of nitrogen functional groups attached to an aromatic ring is 1. The molecule has 1 rings (SSSR count). The van der Waals surface area contributed by atoms with Crippen LogP contribution in [0.3, 0.4) is 0 Å². The van der Waals surface area contributed by atoms with Crippen molar-refractivity contribution in [3.8, 4) is 0 Å². The Morgan fingerprint density at radius 1 is 1.50 bits per heavy atom. The Kier molecular flexibility index (Phi) is 5.08. The van der Waals surface area contributed by atoms with E-state index in [0.29, 0.717) is 19.6 Å². The first kappa shape index (κ1) is 12.8. The number of aryl methyl sites for hydroxylation is 1. The molecule has 1 aromatic rings. The number of aliphatic hydroxyl groups is 1. The molecule has 0 bridgehead atoms. The molecule has 4 nitrogen and oxygen atoms in total. The van der Waals surface area contributed by atoms with Gasteiger partial charge in [-0.3, -0.25) is 0 Å². The number of hydrogen-bond donors (Lipinski definition) is 3. The van der Waals surface area contributed by atoms with E-state index in [2.05, 4.69) is 5.32 Å². The first-order valence-corrected chi connectivity index (χ1v) is 5.41. The van der Waals surface area contributed by atoms with Gasteiger partial charge in [-0.1, -0.05) is 12.1 Å². The number of para-hydroxylation sites is 1. The summed E-state index contributed by atoms with van der Waals surface area (Å²) in [7, 11) is 1.58. The van der Waals surface area contributed by atoms with Crippen LogP contribution in [-0.4, -0.2) is 31.5 Å². The molecule has 0 radical (unpaired) electrons. The predicted molar refractivity (Wildman–Crippen MR) is 66.6 cm³/mol. The molecule has 1 unspecified atom stereocenters. The Morgan fingerprint density at radius 3 is 2.88 bits per heavy atom. The molecular formula is C12H20N2O2. The fourth-order valence-corrected chi connectivity index (χ4v) is 1.57. The molecule has 0 aromatic heterocycles. The monoisotopic (exact) mass is 224 g/mol. The van der Waals surface area contributed by atoms with Crippen molar-refractivity contribution >= 4 is 11.4 Å². The van der Waals surface area contributed by atoms with Crippen LogP contribution in [0.4, 0.5) is 11.4 Å². The number of rotatable bonds is 6. The summed E-state index contributed by atoms with van der Waals surface area (Å²) in [6, 6.07) is 5.79. The zero-order valence-electron chi connectivity index (χ0n) is 9.86. The molecule has 4 N–H and O–H groups in total. The van der Waals surface area contributed by atoms with Crippen LogP contribution in [0.25, 0.3) is 0 Å². The summed E-state index contributed by atoms with van der Waals surface area (Å²) in [6.45, 7) is 3.05. The molecule has 1 aromatic carbocycles. The Balaban J connectivity index is 2.43. The Labute approximate surface area is 96.4 Å². The zero-order valence-corrected chi connectivity index (χ0v) is 9.86. The van der Waals surface area contributed by atoms with E-state index < -0.39 is 6.10 Å². The Hall–Kier alpha value is -1.26. The van der Waals surface area contributed by atoms with E-state index in [4.69, 9.17) is 10.5 Å². The van der Waals surface area contributed by atoms with Crippen molar-refractivity contribution < 1.29 is 9.84 Å². The first-order valence-electron chi connectivity index (χ1n) is 5.41. The second kappa shape index (κ2) is 6.35. The number of benzene rings is 1. The van der Waals surface area contributed by atoms with Gasteiger partial charge in [-0.25, -0.2) is 0 Å². The van der Waals surface area contributed by atoms with E-state index in [-0.39, 0.29) is 0 Å². The number of aliphatic hydroxyl groups excluding tert-OH is 1. The lowest BCUT2D eigenvalue weighted by atomic mass is 10.1. The van der Waals surface area contributed by atoms with Crippen LogP contribution < -0.4 is 11.1 Å².